The van der Waals surface area contributed by atoms with Crippen LogP contribution in [0.3, 0.4) is 0 Å². The first kappa shape index (κ1) is 23.7. The fourth-order valence-electron chi connectivity index (χ4n) is 3.50. The minimum atomic E-state index is -0.484. The standard InChI is InChI=1S/C26H36N2O2/c1-7-24(26(30)27-16-18(2)3)28(17-23-11-9-8-10-20(23)5)25(29)15-22-13-12-19(4)21(6)14-22/h8-14,18,24H,7,15-17H2,1-6H3,(H,27,30). The van der Waals surface area contributed by atoms with E-state index in [-0.39, 0.29) is 11.8 Å². The number of nitrogens with zero attached hydrogens (tertiary/aromatic N) is 1. The first-order valence-electron chi connectivity index (χ1n) is 10.9. The maximum absolute atomic E-state index is 13.4. The third-order valence-corrected chi connectivity index (χ3v) is 5.60. The average Bonchev–Trinajstić information content (AvgIpc) is 2.70. The zero-order chi connectivity index (χ0) is 22.3. The fourth-order valence-corrected chi connectivity index (χ4v) is 3.50. The molecule has 0 fully saturated rings. The van der Waals surface area contributed by atoms with E-state index in [4.69, 9.17) is 0 Å². The lowest BCUT2D eigenvalue weighted by atomic mass is 10.0. The number of benzene rings is 2. The van der Waals surface area contributed by atoms with Gasteiger partial charge in [0.05, 0.1) is 6.42 Å². The van der Waals surface area contributed by atoms with Crippen molar-refractivity contribution in [2.24, 2.45) is 5.92 Å². The Bertz CT molecular complexity index is 873. The summed E-state index contributed by atoms with van der Waals surface area (Å²) in [5.41, 5.74) is 5.56. The number of carbonyl (C=O) groups is 2. The van der Waals surface area contributed by atoms with Crippen molar-refractivity contribution in [2.75, 3.05) is 6.54 Å². The molecule has 0 radical (unpaired) electrons. The summed E-state index contributed by atoms with van der Waals surface area (Å²) in [4.78, 5) is 28.1. The van der Waals surface area contributed by atoms with Gasteiger partial charge in [0.2, 0.25) is 11.8 Å². The van der Waals surface area contributed by atoms with Crippen molar-refractivity contribution in [3.63, 3.8) is 0 Å². The monoisotopic (exact) mass is 408 g/mol. The van der Waals surface area contributed by atoms with Crippen molar-refractivity contribution >= 4 is 11.8 Å². The van der Waals surface area contributed by atoms with Crippen LogP contribution in [-0.4, -0.2) is 29.3 Å². The SMILES string of the molecule is CCC(C(=O)NCC(C)C)N(Cc1ccccc1C)C(=O)Cc1ccc(C)c(C)c1. The predicted octanol–water partition coefficient (Wildman–Crippen LogP) is 4.73. The van der Waals surface area contributed by atoms with Crippen LogP contribution in [-0.2, 0) is 22.6 Å². The van der Waals surface area contributed by atoms with E-state index >= 15 is 0 Å². The molecule has 2 aromatic rings. The number of aryl methyl sites for hydroxylation is 3. The van der Waals surface area contributed by atoms with Crippen molar-refractivity contribution < 1.29 is 9.59 Å². The predicted molar refractivity (Wildman–Crippen MR) is 123 cm³/mol. The minimum Gasteiger partial charge on any atom is -0.354 e. The van der Waals surface area contributed by atoms with Crippen molar-refractivity contribution in [1.29, 1.82) is 0 Å². The Kier molecular flexibility index (Phi) is 8.64. The topological polar surface area (TPSA) is 49.4 Å². The lowest BCUT2D eigenvalue weighted by Crippen LogP contribution is -2.50. The molecule has 0 spiro atoms. The van der Waals surface area contributed by atoms with Crippen LogP contribution in [0.4, 0.5) is 0 Å². The summed E-state index contributed by atoms with van der Waals surface area (Å²) in [6.45, 7) is 13.3. The Morgan fingerprint density at radius 1 is 0.967 bits per heavy atom. The summed E-state index contributed by atoms with van der Waals surface area (Å²) in [6, 6.07) is 13.7. The maximum Gasteiger partial charge on any atom is 0.242 e. The summed E-state index contributed by atoms with van der Waals surface area (Å²) in [6.07, 6.45) is 0.870. The van der Waals surface area contributed by atoms with Crippen LogP contribution in [0.25, 0.3) is 0 Å². The molecule has 162 valence electrons. The molecule has 30 heavy (non-hydrogen) atoms. The van der Waals surface area contributed by atoms with E-state index in [1.807, 2.05) is 44.2 Å². The van der Waals surface area contributed by atoms with Crippen molar-refractivity contribution in [3.05, 3.63) is 70.3 Å². The van der Waals surface area contributed by atoms with Gasteiger partial charge in [0.15, 0.2) is 0 Å². The van der Waals surface area contributed by atoms with E-state index in [9.17, 15) is 9.59 Å². The van der Waals surface area contributed by atoms with Crippen LogP contribution < -0.4 is 5.32 Å². The average molecular weight is 409 g/mol. The van der Waals surface area contributed by atoms with E-state index in [0.717, 1.165) is 16.7 Å². The largest absolute Gasteiger partial charge is 0.354 e. The van der Waals surface area contributed by atoms with Crippen LogP contribution in [0, 0.1) is 26.7 Å². The van der Waals surface area contributed by atoms with Gasteiger partial charge < -0.3 is 10.2 Å². The number of hydrogen-bond acceptors (Lipinski definition) is 2. The molecule has 1 atom stereocenters. The third-order valence-electron chi connectivity index (χ3n) is 5.60. The highest BCUT2D eigenvalue weighted by molar-refractivity contribution is 5.88. The summed E-state index contributed by atoms with van der Waals surface area (Å²) in [5, 5.41) is 3.02. The number of carbonyl (C=O) groups excluding carboxylic acids is 2. The molecule has 0 aliphatic heterocycles. The van der Waals surface area contributed by atoms with E-state index in [1.54, 1.807) is 4.90 Å². The molecule has 4 heteroatoms. The van der Waals surface area contributed by atoms with Gasteiger partial charge in [0.25, 0.3) is 0 Å². The Balaban J connectivity index is 2.30. The molecule has 1 unspecified atom stereocenters. The molecular weight excluding hydrogens is 372 g/mol. The van der Waals surface area contributed by atoms with Gasteiger partial charge in [-0.05, 0) is 60.9 Å². The number of nitrogens with one attached hydrogen (secondary N) is 1. The molecule has 2 rings (SSSR count). The molecular formula is C26H36N2O2. The highest BCUT2D eigenvalue weighted by Crippen LogP contribution is 2.18. The van der Waals surface area contributed by atoms with Gasteiger partial charge in [-0.25, -0.2) is 0 Å². The third kappa shape index (κ3) is 6.45. The van der Waals surface area contributed by atoms with Crippen molar-refractivity contribution in [2.45, 2.75) is 67.0 Å². The molecule has 0 heterocycles. The van der Waals surface area contributed by atoms with Gasteiger partial charge in [0, 0.05) is 13.1 Å². The molecule has 0 aliphatic rings. The van der Waals surface area contributed by atoms with Gasteiger partial charge in [-0.1, -0.05) is 63.2 Å². The second kappa shape index (κ2) is 11.0. The first-order chi connectivity index (χ1) is 14.2. The fraction of sp³-hybridized carbons (Fsp3) is 0.462. The van der Waals surface area contributed by atoms with Crippen LogP contribution >= 0.6 is 0 Å². The van der Waals surface area contributed by atoms with E-state index in [0.29, 0.717) is 31.8 Å². The Labute approximate surface area is 181 Å². The van der Waals surface area contributed by atoms with Gasteiger partial charge in [-0.15, -0.1) is 0 Å². The Hall–Kier alpha value is -2.62. The summed E-state index contributed by atoms with van der Waals surface area (Å²) in [5.74, 6) is 0.267. The summed E-state index contributed by atoms with van der Waals surface area (Å²) in [7, 11) is 0. The summed E-state index contributed by atoms with van der Waals surface area (Å²) >= 11 is 0. The molecule has 2 aromatic carbocycles. The summed E-state index contributed by atoms with van der Waals surface area (Å²) < 4.78 is 0. The number of rotatable bonds is 9. The number of hydrogen-bond donors (Lipinski definition) is 1. The van der Waals surface area contributed by atoms with E-state index in [2.05, 4.69) is 45.1 Å². The molecule has 0 aliphatic carbocycles. The minimum absolute atomic E-state index is 0.0203. The first-order valence-corrected chi connectivity index (χ1v) is 10.9. The molecule has 0 saturated heterocycles. The van der Waals surface area contributed by atoms with Gasteiger partial charge in [-0.2, -0.15) is 0 Å². The van der Waals surface area contributed by atoms with Crippen LogP contribution in [0.5, 0.6) is 0 Å². The Morgan fingerprint density at radius 2 is 1.67 bits per heavy atom. The smallest absolute Gasteiger partial charge is 0.242 e. The van der Waals surface area contributed by atoms with E-state index < -0.39 is 6.04 Å². The second-order valence-corrected chi connectivity index (χ2v) is 8.61. The normalized spacial score (nSPS) is 12.0. The zero-order valence-corrected chi connectivity index (χ0v) is 19.3. The molecule has 4 nitrogen and oxygen atoms in total. The highest BCUT2D eigenvalue weighted by atomic mass is 16.2. The van der Waals surface area contributed by atoms with Crippen LogP contribution in [0.15, 0.2) is 42.5 Å². The van der Waals surface area contributed by atoms with Gasteiger partial charge in [-0.3, -0.25) is 9.59 Å². The van der Waals surface area contributed by atoms with Gasteiger partial charge >= 0.3 is 0 Å². The molecule has 2 amide bonds. The van der Waals surface area contributed by atoms with Gasteiger partial charge in [0.1, 0.15) is 6.04 Å². The van der Waals surface area contributed by atoms with Crippen molar-refractivity contribution in [1.82, 2.24) is 10.2 Å². The van der Waals surface area contributed by atoms with E-state index in [1.165, 1.54) is 11.1 Å². The maximum atomic E-state index is 13.4. The quantitative estimate of drug-likeness (QED) is 0.652. The molecule has 0 saturated carbocycles. The molecule has 0 aromatic heterocycles. The highest BCUT2D eigenvalue weighted by Gasteiger charge is 2.29. The Morgan fingerprint density at radius 3 is 2.27 bits per heavy atom. The molecule has 1 N–H and O–H groups in total. The van der Waals surface area contributed by atoms with Crippen molar-refractivity contribution in [3.8, 4) is 0 Å². The lowest BCUT2D eigenvalue weighted by Gasteiger charge is -2.31. The van der Waals surface area contributed by atoms with Crippen LogP contribution in [0.2, 0.25) is 0 Å². The lowest BCUT2D eigenvalue weighted by molar-refractivity contribution is -0.141. The number of amides is 2. The van der Waals surface area contributed by atoms with Crippen LogP contribution in [0.1, 0.15) is 55.0 Å². The molecule has 0 bridgehead atoms. The zero-order valence-electron chi connectivity index (χ0n) is 19.3. The second-order valence-electron chi connectivity index (χ2n) is 8.61.